The number of fused-ring (bicyclic) bond motifs is 1. The smallest absolute Gasteiger partial charge is 0.234 e. The molecule has 0 bridgehead atoms. The number of hydrogen-bond donors (Lipinski definition) is 1. The van der Waals surface area contributed by atoms with Gasteiger partial charge in [0.1, 0.15) is 0 Å². The molecule has 1 spiro atoms. The molecular formula is C16H18N4O2. The fourth-order valence-electron chi connectivity index (χ4n) is 3.62. The van der Waals surface area contributed by atoms with Gasteiger partial charge in [-0.25, -0.2) is 4.52 Å². The van der Waals surface area contributed by atoms with Crippen LogP contribution >= 0.6 is 0 Å². The normalized spacial score (nSPS) is 26.0. The fraction of sp³-hybridized carbons (Fsp3) is 0.438. The maximum atomic E-state index is 12.2. The molecule has 2 saturated heterocycles. The van der Waals surface area contributed by atoms with Gasteiger partial charge in [0, 0.05) is 31.3 Å². The first-order valence-electron chi connectivity index (χ1n) is 7.64. The zero-order valence-electron chi connectivity index (χ0n) is 12.3. The van der Waals surface area contributed by atoms with Gasteiger partial charge in [-0.3, -0.25) is 19.8 Å². The van der Waals surface area contributed by atoms with Gasteiger partial charge < -0.3 is 0 Å². The van der Waals surface area contributed by atoms with Crippen LogP contribution in [0.3, 0.4) is 0 Å². The highest BCUT2D eigenvalue weighted by Crippen LogP contribution is 2.38. The van der Waals surface area contributed by atoms with Crippen LogP contribution in [0.2, 0.25) is 0 Å². The van der Waals surface area contributed by atoms with Crippen molar-refractivity contribution in [2.24, 2.45) is 5.41 Å². The SMILES string of the molecule is O=C1CCC2(CCN(Cc3cnn4ccccc34)C2)C(=O)N1. The van der Waals surface area contributed by atoms with Crippen LogP contribution in [-0.4, -0.2) is 39.4 Å². The van der Waals surface area contributed by atoms with Crippen molar-refractivity contribution in [3.8, 4) is 0 Å². The van der Waals surface area contributed by atoms with E-state index in [-0.39, 0.29) is 17.2 Å². The Morgan fingerprint density at radius 1 is 1.27 bits per heavy atom. The van der Waals surface area contributed by atoms with Crippen molar-refractivity contribution < 1.29 is 9.59 Å². The molecule has 6 heteroatoms. The number of carbonyl (C=O) groups is 2. The monoisotopic (exact) mass is 298 g/mol. The number of nitrogens with zero attached hydrogens (tertiary/aromatic N) is 3. The molecule has 1 N–H and O–H groups in total. The Hall–Kier alpha value is -2.21. The van der Waals surface area contributed by atoms with Gasteiger partial charge >= 0.3 is 0 Å². The van der Waals surface area contributed by atoms with E-state index in [9.17, 15) is 9.59 Å². The number of likely N-dealkylation sites (tertiary alicyclic amines) is 1. The number of pyridine rings is 1. The molecule has 2 aromatic rings. The van der Waals surface area contributed by atoms with Crippen molar-refractivity contribution in [2.45, 2.75) is 25.8 Å². The maximum absolute atomic E-state index is 12.2. The van der Waals surface area contributed by atoms with Gasteiger partial charge in [-0.15, -0.1) is 0 Å². The minimum absolute atomic E-state index is 0.0916. The highest BCUT2D eigenvalue weighted by atomic mass is 16.2. The molecular weight excluding hydrogens is 280 g/mol. The number of carbonyl (C=O) groups excluding carboxylic acids is 2. The van der Waals surface area contributed by atoms with Crippen LogP contribution in [0.4, 0.5) is 0 Å². The largest absolute Gasteiger partial charge is 0.298 e. The summed E-state index contributed by atoms with van der Waals surface area (Å²) in [6.07, 6.45) is 5.78. The van der Waals surface area contributed by atoms with E-state index in [1.54, 1.807) is 0 Å². The van der Waals surface area contributed by atoms with E-state index < -0.39 is 0 Å². The number of piperidine rings is 1. The molecule has 6 nitrogen and oxygen atoms in total. The van der Waals surface area contributed by atoms with Gasteiger partial charge in [0.25, 0.3) is 0 Å². The Bertz CT molecular complexity index is 753. The molecule has 0 saturated carbocycles. The second-order valence-corrected chi connectivity index (χ2v) is 6.32. The summed E-state index contributed by atoms with van der Waals surface area (Å²) in [6.45, 7) is 2.39. The van der Waals surface area contributed by atoms with Crippen LogP contribution in [-0.2, 0) is 16.1 Å². The molecule has 22 heavy (non-hydrogen) atoms. The zero-order valence-corrected chi connectivity index (χ0v) is 12.3. The van der Waals surface area contributed by atoms with Gasteiger partial charge in [0.2, 0.25) is 11.8 Å². The number of nitrogens with one attached hydrogen (secondary N) is 1. The van der Waals surface area contributed by atoms with Gasteiger partial charge in [0.15, 0.2) is 0 Å². The lowest BCUT2D eigenvalue weighted by molar-refractivity contribution is -0.141. The van der Waals surface area contributed by atoms with Gasteiger partial charge in [0.05, 0.1) is 17.1 Å². The van der Waals surface area contributed by atoms with E-state index in [2.05, 4.69) is 21.4 Å². The molecule has 0 aromatic carbocycles. The standard InChI is InChI=1S/C16H18N4O2/c21-14-4-5-16(15(22)18-14)6-8-19(11-16)10-12-9-17-20-7-2-1-3-13(12)20/h1-3,7,9H,4-6,8,10-11H2,(H,18,21,22). The summed E-state index contributed by atoms with van der Waals surface area (Å²) in [5.41, 5.74) is 1.90. The van der Waals surface area contributed by atoms with E-state index in [0.717, 1.165) is 31.6 Å². The van der Waals surface area contributed by atoms with Crippen LogP contribution < -0.4 is 5.32 Å². The second-order valence-electron chi connectivity index (χ2n) is 6.32. The first-order valence-corrected chi connectivity index (χ1v) is 7.64. The van der Waals surface area contributed by atoms with Crippen LogP contribution in [0.15, 0.2) is 30.6 Å². The predicted molar refractivity (Wildman–Crippen MR) is 79.9 cm³/mol. The second kappa shape index (κ2) is 4.91. The van der Waals surface area contributed by atoms with Gasteiger partial charge in [-0.1, -0.05) is 6.07 Å². The van der Waals surface area contributed by atoms with E-state index in [4.69, 9.17) is 0 Å². The lowest BCUT2D eigenvalue weighted by atomic mass is 9.79. The van der Waals surface area contributed by atoms with Crippen molar-refractivity contribution in [3.63, 3.8) is 0 Å². The summed E-state index contributed by atoms with van der Waals surface area (Å²) in [5, 5.41) is 6.86. The van der Waals surface area contributed by atoms with E-state index >= 15 is 0 Å². The summed E-state index contributed by atoms with van der Waals surface area (Å²) in [5.74, 6) is -0.234. The third-order valence-electron chi connectivity index (χ3n) is 4.90. The first-order chi connectivity index (χ1) is 10.7. The van der Waals surface area contributed by atoms with Crippen molar-refractivity contribution in [1.82, 2.24) is 19.8 Å². The molecule has 1 atom stereocenters. The Balaban J connectivity index is 1.51. The molecule has 2 fully saturated rings. The Labute approximate surface area is 128 Å². The van der Waals surface area contributed by atoms with Crippen molar-refractivity contribution in [1.29, 1.82) is 0 Å². The average Bonchev–Trinajstić information content (AvgIpc) is 3.10. The van der Waals surface area contributed by atoms with Crippen molar-refractivity contribution >= 4 is 17.3 Å². The van der Waals surface area contributed by atoms with Crippen LogP contribution in [0.25, 0.3) is 5.52 Å². The molecule has 4 heterocycles. The molecule has 114 valence electrons. The predicted octanol–water partition coefficient (Wildman–Crippen LogP) is 0.963. The highest BCUT2D eigenvalue weighted by Gasteiger charge is 2.47. The molecule has 2 aliphatic rings. The number of amides is 2. The lowest BCUT2D eigenvalue weighted by Crippen LogP contribution is -2.49. The Morgan fingerprint density at radius 3 is 3.05 bits per heavy atom. The third kappa shape index (κ3) is 2.11. The number of rotatable bonds is 2. The summed E-state index contributed by atoms with van der Waals surface area (Å²) >= 11 is 0. The minimum atomic E-state index is -0.378. The molecule has 2 aromatic heterocycles. The molecule has 0 aliphatic carbocycles. The quantitative estimate of drug-likeness (QED) is 0.839. The summed E-state index contributed by atoms with van der Waals surface area (Å²) < 4.78 is 1.87. The van der Waals surface area contributed by atoms with Crippen molar-refractivity contribution in [2.75, 3.05) is 13.1 Å². The molecule has 4 rings (SSSR count). The average molecular weight is 298 g/mol. The summed E-state index contributed by atoms with van der Waals surface area (Å²) in [6, 6.07) is 6.02. The number of aromatic nitrogens is 2. The maximum Gasteiger partial charge on any atom is 0.234 e. The minimum Gasteiger partial charge on any atom is -0.298 e. The Kier molecular flexibility index (Phi) is 3.00. The van der Waals surface area contributed by atoms with E-state index in [1.165, 1.54) is 5.56 Å². The molecule has 1 unspecified atom stereocenters. The Morgan fingerprint density at radius 2 is 2.18 bits per heavy atom. The zero-order chi connectivity index (χ0) is 15.2. The van der Waals surface area contributed by atoms with Crippen molar-refractivity contribution in [3.05, 3.63) is 36.2 Å². The van der Waals surface area contributed by atoms with E-state index in [0.29, 0.717) is 12.8 Å². The number of imide groups is 1. The van der Waals surface area contributed by atoms with E-state index in [1.807, 2.05) is 29.0 Å². The fourth-order valence-corrected chi connectivity index (χ4v) is 3.62. The topological polar surface area (TPSA) is 66.7 Å². The van der Waals surface area contributed by atoms with Crippen LogP contribution in [0.5, 0.6) is 0 Å². The molecule has 2 aliphatic heterocycles. The van der Waals surface area contributed by atoms with Crippen LogP contribution in [0, 0.1) is 5.41 Å². The highest BCUT2D eigenvalue weighted by molar-refractivity contribution is 6.00. The van der Waals surface area contributed by atoms with Gasteiger partial charge in [-0.2, -0.15) is 5.10 Å². The van der Waals surface area contributed by atoms with Crippen LogP contribution in [0.1, 0.15) is 24.8 Å². The molecule has 0 radical (unpaired) electrons. The molecule has 2 amide bonds. The van der Waals surface area contributed by atoms with Gasteiger partial charge in [-0.05, 0) is 31.5 Å². The summed E-state index contributed by atoms with van der Waals surface area (Å²) in [7, 11) is 0. The number of hydrogen-bond acceptors (Lipinski definition) is 4. The lowest BCUT2D eigenvalue weighted by Gasteiger charge is -2.31. The summed E-state index contributed by atoms with van der Waals surface area (Å²) in [4.78, 5) is 25.8. The third-order valence-corrected chi connectivity index (χ3v) is 4.90. The first kappa shape index (κ1) is 13.5.